The van der Waals surface area contributed by atoms with E-state index in [2.05, 4.69) is 14.9 Å². The molecule has 1 aliphatic rings. The summed E-state index contributed by atoms with van der Waals surface area (Å²) in [5.74, 6) is -2.26. The molecule has 0 radical (unpaired) electrons. The lowest BCUT2D eigenvalue weighted by Gasteiger charge is -2.22. The van der Waals surface area contributed by atoms with Gasteiger partial charge in [-0.25, -0.2) is 9.59 Å². The highest BCUT2D eigenvalue weighted by molar-refractivity contribution is 6.21. The second-order valence-electron chi connectivity index (χ2n) is 3.60. The van der Waals surface area contributed by atoms with Crippen LogP contribution in [0.15, 0.2) is 11.3 Å². The fraction of sp³-hybridized carbons (Fsp3) is 0.444. The number of ether oxygens (including phenoxy) is 2. The van der Waals surface area contributed by atoms with Gasteiger partial charge >= 0.3 is 17.8 Å². The fourth-order valence-electron chi connectivity index (χ4n) is 1.47. The monoisotopic (exact) mass is 229 g/mol. The molecule has 16 heavy (non-hydrogen) atoms. The van der Waals surface area contributed by atoms with Crippen molar-refractivity contribution in [3.8, 4) is 0 Å². The van der Waals surface area contributed by atoms with Crippen LogP contribution in [0.2, 0.25) is 0 Å². The number of carbonyl (C=O) groups is 3. The number of rotatable bonds is 2. The second-order valence-corrected chi connectivity index (χ2v) is 3.60. The van der Waals surface area contributed by atoms with E-state index in [4.69, 9.17) is 0 Å². The molecule has 0 fully saturated rings. The number of nitrogens with zero attached hydrogens (tertiary/aromatic N) is 1. The summed E-state index contributed by atoms with van der Waals surface area (Å²) in [6.45, 7) is 0. The third-order valence-corrected chi connectivity index (χ3v) is 2.17. The van der Waals surface area contributed by atoms with Crippen LogP contribution in [0.5, 0.6) is 0 Å². The predicted octanol–water partition coefficient (Wildman–Crippen LogP) is -1.29. The molecule has 0 aromatic heterocycles. The maximum atomic E-state index is 11.5. The van der Waals surface area contributed by atoms with Crippen molar-refractivity contribution in [1.29, 1.82) is 0 Å². The van der Waals surface area contributed by atoms with Gasteiger partial charge in [0.2, 0.25) is 0 Å². The summed E-state index contributed by atoms with van der Waals surface area (Å²) in [6.07, 6.45) is 0. The molecule has 0 saturated heterocycles. The predicted molar refractivity (Wildman–Crippen MR) is 51.3 cm³/mol. The SMILES string of the molecule is COC(=O)C1=C(C(=O)OC)[N+](C)(C)NC1=O. The minimum Gasteiger partial charge on any atom is -0.465 e. The normalized spacial score (nSPS) is 18.1. The first kappa shape index (κ1) is 12.2. The van der Waals surface area contributed by atoms with Crippen LogP contribution in [0, 0.1) is 0 Å². The zero-order valence-corrected chi connectivity index (χ0v) is 9.49. The van der Waals surface area contributed by atoms with Gasteiger partial charge in [0.25, 0.3) is 5.70 Å². The Morgan fingerprint density at radius 1 is 1.12 bits per heavy atom. The maximum Gasteiger partial charge on any atom is 0.396 e. The van der Waals surface area contributed by atoms with Gasteiger partial charge in [0.1, 0.15) is 0 Å². The minimum atomic E-state index is -0.860. The summed E-state index contributed by atoms with van der Waals surface area (Å²) in [7, 11) is 5.39. The van der Waals surface area contributed by atoms with E-state index in [1.165, 1.54) is 7.11 Å². The topological polar surface area (TPSA) is 81.7 Å². The number of methoxy groups -OCH3 is 2. The van der Waals surface area contributed by atoms with Crippen molar-refractivity contribution >= 4 is 17.8 Å². The van der Waals surface area contributed by atoms with E-state index in [1.807, 2.05) is 0 Å². The highest BCUT2D eigenvalue weighted by atomic mass is 16.5. The Kier molecular flexibility index (Phi) is 2.99. The average Bonchev–Trinajstić information content (AvgIpc) is 2.45. The van der Waals surface area contributed by atoms with Crippen molar-refractivity contribution in [3.05, 3.63) is 11.3 Å². The Bertz CT molecular complexity index is 397. The molecule has 0 aromatic rings. The van der Waals surface area contributed by atoms with Crippen molar-refractivity contribution in [3.63, 3.8) is 0 Å². The van der Waals surface area contributed by atoms with Gasteiger partial charge in [0.05, 0.1) is 28.3 Å². The van der Waals surface area contributed by atoms with Crippen molar-refractivity contribution < 1.29 is 28.4 Å². The first-order valence-electron chi connectivity index (χ1n) is 4.43. The van der Waals surface area contributed by atoms with E-state index < -0.39 is 17.8 Å². The van der Waals surface area contributed by atoms with Crippen LogP contribution in [0.4, 0.5) is 0 Å². The van der Waals surface area contributed by atoms with Crippen LogP contribution >= 0.6 is 0 Å². The van der Waals surface area contributed by atoms with Crippen LogP contribution in [0.3, 0.4) is 0 Å². The lowest BCUT2D eigenvalue weighted by molar-refractivity contribution is -0.880. The molecule has 0 aromatic carbocycles. The van der Waals surface area contributed by atoms with Gasteiger partial charge < -0.3 is 9.47 Å². The molecule has 7 nitrogen and oxygen atoms in total. The van der Waals surface area contributed by atoms with E-state index in [-0.39, 0.29) is 15.9 Å². The number of hydrogen-bond acceptors (Lipinski definition) is 5. The molecule has 1 aliphatic heterocycles. The van der Waals surface area contributed by atoms with Crippen LogP contribution < -0.4 is 5.43 Å². The Balaban J connectivity index is 3.36. The molecule has 1 heterocycles. The fourth-order valence-corrected chi connectivity index (χ4v) is 1.47. The Hall–Kier alpha value is -1.89. The summed E-state index contributed by atoms with van der Waals surface area (Å²) >= 11 is 0. The van der Waals surface area contributed by atoms with Crippen molar-refractivity contribution in [2.75, 3.05) is 28.3 Å². The third kappa shape index (κ3) is 1.76. The van der Waals surface area contributed by atoms with Gasteiger partial charge in [0, 0.05) is 0 Å². The van der Waals surface area contributed by atoms with Gasteiger partial charge in [-0.2, -0.15) is 10.0 Å². The highest BCUT2D eigenvalue weighted by Gasteiger charge is 2.48. The number of esters is 2. The number of carbonyl (C=O) groups excluding carboxylic acids is 3. The van der Waals surface area contributed by atoms with E-state index in [9.17, 15) is 14.4 Å². The van der Waals surface area contributed by atoms with Gasteiger partial charge in [-0.15, -0.1) is 0 Å². The molecular formula is C9H13N2O5+. The first-order chi connectivity index (χ1) is 7.35. The Morgan fingerprint density at radius 2 is 1.62 bits per heavy atom. The molecule has 0 saturated carbocycles. The van der Waals surface area contributed by atoms with Gasteiger partial charge in [-0.3, -0.25) is 4.79 Å². The molecule has 1 rings (SSSR count). The Morgan fingerprint density at radius 3 is 2.06 bits per heavy atom. The molecule has 0 spiro atoms. The summed E-state index contributed by atoms with van der Waals surface area (Å²) in [4.78, 5) is 34.4. The summed E-state index contributed by atoms with van der Waals surface area (Å²) in [5.41, 5.74) is 2.06. The Labute approximate surface area is 92.2 Å². The molecular weight excluding hydrogens is 216 g/mol. The summed E-state index contributed by atoms with van der Waals surface area (Å²) in [6, 6.07) is 0. The van der Waals surface area contributed by atoms with Crippen LogP contribution in [-0.4, -0.2) is 50.8 Å². The molecule has 1 amide bonds. The lowest BCUT2D eigenvalue weighted by Crippen LogP contribution is -2.49. The summed E-state index contributed by atoms with van der Waals surface area (Å²) < 4.78 is 8.72. The number of amides is 1. The molecule has 1 N–H and O–H groups in total. The number of quaternary nitrogens is 1. The number of nitrogens with one attached hydrogen (secondary N) is 1. The lowest BCUT2D eigenvalue weighted by atomic mass is 10.2. The molecule has 0 bridgehead atoms. The van der Waals surface area contributed by atoms with E-state index in [0.29, 0.717) is 0 Å². The number of likely N-dealkylation sites (N-methyl/N-ethyl adjacent to an activating group) is 1. The van der Waals surface area contributed by atoms with Crippen LogP contribution in [0.1, 0.15) is 0 Å². The van der Waals surface area contributed by atoms with Crippen LogP contribution in [-0.2, 0) is 23.9 Å². The molecule has 0 aliphatic carbocycles. The van der Waals surface area contributed by atoms with E-state index in [0.717, 1.165) is 7.11 Å². The van der Waals surface area contributed by atoms with Gasteiger partial charge in [-0.1, -0.05) is 0 Å². The zero-order chi connectivity index (χ0) is 12.5. The third-order valence-electron chi connectivity index (χ3n) is 2.17. The summed E-state index contributed by atoms with van der Waals surface area (Å²) in [5, 5.41) is 0. The largest absolute Gasteiger partial charge is 0.465 e. The zero-order valence-electron chi connectivity index (χ0n) is 9.49. The molecule has 88 valence electrons. The van der Waals surface area contributed by atoms with Gasteiger partial charge in [0.15, 0.2) is 5.57 Å². The van der Waals surface area contributed by atoms with Crippen molar-refractivity contribution in [1.82, 2.24) is 5.43 Å². The van der Waals surface area contributed by atoms with E-state index >= 15 is 0 Å². The molecule has 7 heteroatoms. The van der Waals surface area contributed by atoms with Crippen molar-refractivity contribution in [2.24, 2.45) is 0 Å². The average molecular weight is 229 g/mol. The highest BCUT2D eigenvalue weighted by Crippen LogP contribution is 2.23. The molecule has 0 unspecified atom stereocenters. The first-order valence-corrected chi connectivity index (χ1v) is 4.43. The standard InChI is InChI=1S/C9H12N2O5/c1-11(2)6(9(14)16-4)5(7(12)10-11)8(13)15-3/h1-4H3/p+1. The van der Waals surface area contributed by atoms with Crippen molar-refractivity contribution in [2.45, 2.75) is 0 Å². The van der Waals surface area contributed by atoms with Crippen LogP contribution in [0.25, 0.3) is 0 Å². The molecule has 0 atom stereocenters. The number of hydrogen-bond donors (Lipinski definition) is 1. The second kappa shape index (κ2) is 3.93. The quantitative estimate of drug-likeness (QED) is 0.362. The minimum absolute atomic E-state index is 0.0700. The maximum absolute atomic E-state index is 11.5. The van der Waals surface area contributed by atoms with E-state index in [1.54, 1.807) is 14.1 Å². The van der Waals surface area contributed by atoms with Gasteiger partial charge in [-0.05, 0) is 0 Å². The smallest absolute Gasteiger partial charge is 0.396 e.